The SMILES string of the molecule is CCOc1ccccc1NC(=O)[C@H](CC)Sc1ncnc2nc[nH]c12. The predicted octanol–water partition coefficient (Wildman–Crippen LogP) is 3.26. The molecule has 1 atom stereocenters. The number of H-pyrrole nitrogens is 1. The molecule has 25 heavy (non-hydrogen) atoms. The van der Waals surface area contributed by atoms with Gasteiger partial charge in [0.05, 0.1) is 23.9 Å². The lowest BCUT2D eigenvalue weighted by Crippen LogP contribution is -2.25. The van der Waals surface area contributed by atoms with Gasteiger partial charge in [0.15, 0.2) is 5.65 Å². The van der Waals surface area contributed by atoms with E-state index in [9.17, 15) is 4.79 Å². The van der Waals surface area contributed by atoms with Gasteiger partial charge in [0.25, 0.3) is 0 Å². The highest BCUT2D eigenvalue weighted by molar-refractivity contribution is 8.00. The molecule has 7 nitrogen and oxygen atoms in total. The normalized spacial score (nSPS) is 12.1. The molecule has 2 N–H and O–H groups in total. The second kappa shape index (κ2) is 7.98. The van der Waals surface area contributed by atoms with E-state index in [1.54, 1.807) is 6.33 Å². The number of hydrogen-bond acceptors (Lipinski definition) is 6. The van der Waals surface area contributed by atoms with Gasteiger partial charge in [0, 0.05) is 0 Å². The third-order valence-corrected chi connectivity index (χ3v) is 4.91. The van der Waals surface area contributed by atoms with E-state index >= 15 is 0 Å². The summed E-state index contributed by atoms with van der Waals surface area (Å²) in [6.45, 7) is 4.42. The van der Waals surface area contributed by atoms with Gasteiger partial charge in [-0.2, -0.15) is 0 Å². The number of hydrogen-bond donors (Lipinski definition) is 2. The van der Waals surface area contributed by atoms with Crippen LogP contribution in [0.5, 0.6) is 5.75 Å². The van der Waals surface area contributed by atoms with Gasteiger partial charge in [0.1, 0.15) is 22.6 Å². The molecule has 0 aliphatic heterocycles. The van der Waals surface area contributed by atoms with E-state index < -0.39 is 0 Å². The lowest BCUT2D eigenvalue weighted by molar-refractivity contribution is -0.115. The van der Waals surface area contributed by atoms with Gasteiger partial charge < -0.3 is 15.0 Å². The van der Waals surface area contributed by atoms with Gasteiger partial charge in [-0.25, -0.2) is 15.0 Å². The molecular weight excluding hydrogens is 338 g/mol. The first-order valence-electron chi connectivity index (χ1n) is 8.06. The summed E-state index contributed by atoms with van der Waals surface area (Å²) in [4.78, 5) is 28.2. The molecule has 0 bridgehead atoms. The maximum Gasteiger partial charge on any atom is 0.238 e. The molecule has 2 aromatic heterocycles. The number of para-hydroxylation sites is 2. The topological polar surface area (TPSA) is 92.8 Å². The Morgan fingerprint density at radius 1 is 1.28 bits per heavy atom. The Hall–Kier alpha value is -2.61. The van der Waals surface area contributed by atoms with Crippen LogP contribution in [0.4, 0.5) is 5.69 Å². The van der Waals surface area contributed by atoms with Gasteiger partial charge in [-0.05, 0) is 25.5 Å². The Balaban J connectivity index is 1.77. The first-order valence-corrected chi connectivity index (χ1v) is 8.94. The lowest BCUT2D eigenvalue weighted by Gasteiger charge is -2.16. The average Bonchev–Trinajstić information content (AvgIpc) is 3.11. The van der Waals surface area contributed by atoms with Crippen LogP contribution in [0.3, 0.4) is 0 Å². The average molecular weight is 357 g/mol. The second-order valence-electron chi connectivity index (χ2n) is 5.21. The molecule has 0 saturated carbocycles. The number of anilines is 1. The molecule has 8 heteroatoms. The number of thioether (sulfide) groups is 1. The number of ether oxygens (including phenoxy) is 1. The first kappa shape index (κ1) is 17.2. The molecule has 1 aromatic carbocycles. The van der Waals surface area contributed by atoms with Crippen LogP contribution in [-0.4, -0.2) is 37.7 Å². The summed E-state index contributed by atoms with van der Waals surface area (Å²) >= 11 is 1.39. The second-order valence-corrected chi connectivity index (χ2v) is 6.40. The van der Waals surface area contributed by atoms with Crippen molar-refractivity contribution in [1.29, 1.82) is 0 Å². The van der Waals surface area contributed by atoms with E-state index in [2.05, 4.69) is 25.3 Å². The maximum atomic E-state index is 12.7. The van der Waals surface area contributed by atoms with E-state index in [0.717, 1.165) is 5.52 Å². The Kier molecular flexibility index (Phi) is 5.49. The highest BCUT2D eigenvalue weighted by Crippen LogP contribution is 2.30. The van der Waals surface area contributed by atoms with Crippen molar-refractivity contribution in [2.75, 3.05) is 11.9 Å². The monoisotopic (exact) mass is 357 g/mol. The number of aromatic nitrogens is 4. The molecule has 0 aliphatic rings. The summed E-state index contributed by atoms with van der Waals surface area (Å²) in [5.41, 5.74) is 2.01. The summed E-state index contributed by atoms with van der Waals surface area (Å²) in [5.74, 6) is 0.571. The predicted molar refractivity (Wildman–Crippen MR) is 97.9 cm³/mol. The number of carbonyl (C=O) groups excluding carboxylic acids is 1. The molecule has 0 spiro atoms. The van der Waals surface area contributed by atoms with E-state index in [0.29, 0.717) is 35.1 Å². The number of nitrogens with one attached hydrogen (secondary N) is 2. The van der Waals surface area contributed by atoms with Crippen LogP contribution in [0.1, 0.15) is 20.3 Å². The third-order valence-electron chi connectivity index (χ3n) is 3.55. The highest BCUT2D eigenvalue weighted by Gasteiger charge is 2.21. The lowest BCUT2D eigenvalue weighted by atomic mass is 10.2. The molecule has 0 fully saturated rings. The van der Waals surface area contributed by atoms with E-state index in [1.807, 2.05) is 38.1 Å². The van der Waals surface area contributed by atoms with Gasteiger partial charge in [0.2, 0.25) is 5.91 Å². The number of aromatic amines is 1. The number of carbonyl (C=O) groups is 1. The van der Waals surface area contributed by atoms with Crippen LogP contribution >= 0.6 is 11.8 Å². The van der Waals surface area contributed by atoms with Crippen molar-refractivity contribution in [2.24, 2.45) is 0 Å². The number of imidazole rings is 1. The van der Waals surface area contributed by atoms with Crippen LogP contribution in [0.15, 0.2) is 41.9 Å². The van der Waals surface area contributed by atoms with Crippen LogP contribution in [0.2, 0.25) is 0 Å². The van der Waals surface area contributed by atoms with Crippen molar-refractivity contribution in [3.8, 4) is 5.75 Å². The Morgan fingerprint density at radius 2 is 2.12 bits per heavy atom. The van der Waals surface area contributed by atoms with Crippen molar-refractivity contribution in [2.45, 2.75) is 30.5 Å². The molecular formula is C17H19N5O2S. The molecule has 3 aromatic rings. The van der Waals surface area contributed by atoms with Gasteiger partial charge in [-0.3, -0.25) is 4.79 Å². The van der Waals surface area contributed by atoms with Crippen LogP contribution in [-0.2, 0) is 4.79 Å². The first-order chi connectivity index (χ1) is 12.2. The summed E-state index contributed by atoms with van der Waals surface area (Å²) in [6, 6.07) is 7.41. The summed E-state index contributed by atoms with van der Waals surface area (Å²) in [7, 11) is 0. The van der Waals surface area contributed by atoms with Crippen molar-refractivity contribution in [1.82, 2.24) is 19.9 Å². The van der Waals surface area contributed by atoms with Crippen molar-refractivity contribution in [3.05, 3.63) is 36.9 Å². The van der Waals surface area contributed by atoms with Gasteiger partial charge >= 0.3 is 0 Å². The molecule has 0 radical (unpaired) electrons. The minimum Gasteiger partial charge on any atom is -0.492 e. The zero-order valence-corrected chi connectivity index (χ0v) is 14.8. The van der Waals surface area contributed by atoms with Crippen molar-refractivity contribution < 1.29 is 9.53 Å². The van der Waals surface area contributed by atoms with Crippen molar-refractivity contribution >= 4 is 34.5 Å². The molecule has 0 unspecified atom stereocenters. The fourth-order valence-corrected chi connectivity index (χ4v) is 3.33. The fraction of sp³-hybridized carbons (Fsp3) is 0.294. The molecule has 0 aliphatic carbocycles. The number of rotatable bonds is 7. The molecule has 2 heterocycles. The third kappa shape index (κ3) is 3.90. The Morgan fingerprint density at radius 3 is 2.92 bits per heavy atom. The zero-order chi connectivity index (χ0) is 17.6. The van der Waals surface area contributed by atoms with E-state index in [4.69, 9.17) is 4.74 Å². The van der Waals surface area contributed by atoms with E-state index in [-0.39, 0.29) is 11.2 Å². The number of nitrogens with zero attached hydrogens (tertiary/aromatic N) is 3. The van der Waals surface area contributed by atoms with Gasteiger partial charge in [-0.1, -0.05) is 30.8 Å². The smallest absolute Gasteiger partial charge is 0.238 e. The Labute approximate surface area is 149 Å². The standard InChI is InChI=1S/C17H19N5O2S/c1-3-13(25-17-14-15(19-9-18-14)20-10-21-17)16(23)22-11-7-5-6-8-12(11)24-4-2/h5-10,13H,3-4H2,1-2H3,(H,22,23)(H,18,19,20,21)/t13-/m0/s1. The Bertz CT molecular complexity index is 867. The summed E-state index contributed by atoms with van der Waals surface area (Å²) in [5, 5.41) is 3.37. The fourth-order valence-electron chi connectivity index (χ4n) is 2.35. The maximum absolute atomic E-state index is 12.7. The minimum absolute atomic E-state index is 0.0917. The molecule has 1 amide bonds. The highest BCUT2D eigenvalue weighted by atomic mass is 32.2. The van der Waals surface area contributed by atoms with E-state index in [1.165, 1.54) is 18.1 Å². The zero-order valence-electron chi connectivity index (χ0n) is 14.0. The summed E-state index contributed by atoms with van der Waals surface area (Å²) in [6.07, 6.45) is 3.69. The molecule has 3 rings (SSSR count). The van der Waals surface area contributed by atoms with Crippen LogP contribution in [0.25, 0.3) is 11.2 Å². The minimum atomic E-state index is -0.295. The summed E-state index contributed by atoms with van der Waals surface area (Å²) < 4.78 is 5.56. The number of benzene rings is 1. The quantitative estimate of drug-likeness (QED) is 0.498. The molecule has 0 saturated heterocycles. The van der Waals surface area contributed by atoms with Gasteiger partial charge in [-0.15, -0.1) is 0 Å². The molecule has 130 valence electrons. The van der Waals surface area contributed by atoms with Crippen LogP contribution < -0.4 is 10.1 Å². The number of fused-ring (bicyclic) bond motifs is 1. The van der Waals surface area contributed by atoms with Crippen molar-refractivity contribution in [3.63, 3.8) is 0 Å². The van der Waals surface area contributed by atoms with Crippen LogP contribution in [0, 0.1) is 0 Å². The largest absolute Gasteiger partial charge is 0.492 e. The number of amides is 1.